The molecule has 0 spiro atoms. The molecule has 1 unspecified atom stereocenters. The van der Waals surface area contributed by atoms with E-state index in [2.05, 4.69) is 23.0 Å². The summed E-state index contributed by atoms with van der Waals surface area (Å²) in [6, 6.07) is 7.46. The number of ether oxygens (including phenoxy) is 1. The number of rotatable bonds is 8. The Morgan fingerprint density at radius 2 is 2.00 bits per heavy atom. The number of para-hydroxylation sites is 1. The number of nitro groups is 1. The molecule has 1 fully saturated rings. The molecule has 0 saturated carbocycles. The summed E-state index contributed by atoms with van der Waals surface area (Å²) in [7, 11) is -1.38. The van der Waals surface area contributed by atoms with Crippen LogP contribution in [-0.4, -0.2) is 43.5 Å². The molecular formula is C18H29N3O4Si. The normalized spacial score (nSPS) is 16.3. The highest BCUT2D eigenvalue weighted by Crippen LogP contribution is 2.27. The fraction of sp³-hybridized carbons (Fsp3) is 0.611. The topological polar surface area (TPSA) is 84.7 Å². The smallest absolute Gasteiger partial charge is 0.407 e. The predicted octanol–water partition coefficient (Wildman–Crippen LogP) is 4.07. The minimum Gasteiger partial charge on any atom is -0.441 e. The summed E-state index contributed by atoms with van der Waals surface area (Å²) in [6.07, 6.45) is 2.31. The van der Waals surface area contributed by atoms with Gasteiger partial charge < -0.3 is 14.6 Å². The number of benzene rings is 1. The van der Waals surface area contributed by atoms with E-state index in [1.165, 1.54) is 32.0 Å². The van der Waals surface area contributed by atoms with Gasteiger partial charge in [-0.3, -0.25) is 10.1 Å². The Hall–Kier alpha value is -1.93. The summed E-state index contributed by atoms with van der Waals surface area (Å²) >= 11 is 0. The fourth-order valence-electron chi connectivity index (χ4n) is 3.46. The minimum atomic E-state index is -1.38. The van der Waals surface area contributed by atoms with E-state index >= 15 is 0 Å². The largest absolute Gasteiger partial charge is 0.441 e. The Kier molecular flexibility index (Phi) is 7.16. The Balaban J connectivity index is 1.76. The van der Waals surface area contributed by atoms with Gasteiger partial charge in [0, 0.05) is 12.6 Å². The first kappa shape index (κ1) is 20.4. The Morgan fingerprint density at radius 3 is 2.65 bits per heavy atom. The van der Waals surface area contributed by atoms with Crippen molar-refractivity contribution in [2.75, 3.05) is 19.6 Å². The minimum absolute atomic E-state index is 0.0360. The number of amides is 1. The molecule has 1 aromatic rings. The third kappa shape index (κ3) is 5.53. The standard InChI is InChI=1S/C18H29N3O4Si/c1-15(16-9-4-5-10-17(16)21(23)24)25-18(22)19-11-8-14-26(2,3)20-12-6-7-13-20/h4-5,9-10,15H,6-8,11-14H2,1-3H3,(H,19,22). The molecule has 1 atom stereocenters. The number of nitro benzene ring substituents is 1. The van der Waals surface area contributed by atoms with Crippen molar-refractivity contribution < 1.29 is 14.5 Å². The number of nitrogens with one attached hydrogen (secondary N) is 1. The third-order valence-electron chi connectivity index (χ3n) is 5.05. The number of carbonyl (C=O) groups excluding carboxylic acids is 1. The lowest BCUT2D eigenvalue weighted by atomic mass is 10.1. The average Bonchev–Trinajstić information content (AvgIpc) is 3.14. The molecule has 0 radical (unpaired) electrons. The number of hydrogen-bond acceptors (Lipinski definition) is 5. The molecule has 1 aromatic carbocycles. The Labute approximate surface area is 156 Å². The number of alkyl carbamates (subject to hydrolysis) is 1. The van der Waals surface area contributed by atoms with Crippen molar-refractivity contribution >= 4 is 20.0 Å². The van der Waals surface area contributed by atoms with Crippen molar-refractivity contribution in [3.05, 3.63) is 39.9 Å². The van der Waals surface area contributed by atoms with Crippen LogP contribution in [0.15, 0.2) is 24.3 Å². The van der Waals surface area contributed by atoms with Gasteiger partial charge in [-0.15, -0.1) is 0 Å². The summed E-state index contributed by atoms with van der Waals surface area (Å²) in [5.41, 5.74) is 0.362. The van der Waals surface area contributed by atoms with Gasteiger partial charge in [-0.1, -0.05) is 25.2 Å². The van der Waals surface area contributed by atoms with Crippen LogP contribution in [-0.2, 0) is 4.74 Å². The highest BCUT2D eigenvalue weighted by molar-refractivity contribution is 6.74. The third-order valence-corrected chi connectivity index (χ3v) is 8.79. The van der Waals surface area contributed by atoms with Crippen LogP contribution in [0.1, 0.15) is 37.9 Å². The van der Waals surface area contributed by atoms with Crippen LogP contribution >= 0.6 is 0 Å². The quantitative estimate of drug-likeness (QED) is 0.318. The van der Waals surface area contributed by atoms with Gasteiger partial charge in [-0.25, -0.2) is 4.79 Å². The van der Waals surface area contributed by atoms with Gasteiger partial charge in [0.1, 0.15) is 14.3 Å². The Morgan fingerprint density at radius 1 is 1.35 bits per heavy atom. The molecular weight excluding hydrogens is 350 g/mol. The van der Waals surface area contributed by atoms with E-state index in [-0.39, 0.29) is 5.69 Å². The van der Waals surface area contributed by atoms with Gasteiger partial charge in [0.2, 0.25) is 0 Å². The van der Waals surface area contributed by atoms with E-state index in [1.807, 2.05) is 0 Å². The molecule has 2 rings (SSSR count). The van der Waals surface area contributed by atoms with Crippen LogP contribution in [0.4, 0.5) is 10.5 Å². The summed E-state index contributed by atoms with van der Waals surface area (Å²) in [4.78, 5) is 22.6. The van der Waals surface area contributed by atoms with Crippen LogP contribution in [0, 0.1) is 10.1 Å². The molecule has 1 saturated heterocycles. The molecule has 26 heavy (non-hydrogen) atoms. The molecule has 144 valence electrons. The summed E-state index contributed by atoms with van der Waals surface area (Å²) in [6.45, 7) is 9.39. The van der Waals surface area contributed by atoms with Gasteiger partial charge >= 0.3 is 6.09 Å². The molecule has 1 aliphatic heterocycles. The van der Waals surface area contributed by atoms with E-state index in [1.54, 1.807) is 25.1 Å². The van der Waals surface area contributed by atoms with Crippen LogP contribution in [0.5, 0.6) is 0 Å². The molecule has 7 nitrogen and oxygen atoms in total. The highest BCUT2D eigenvalue weighted by Gasteiger charge is 2.30. The van der Waals surface area contributed by atoms with E-state index < -0.39 is 25.4 Å². The molecule has 1 N–H and O–H groups in total. The lowest BCUT2D eigenvalue weighted by Gasteiger charge is -2.33. The molecule has 1 heterocycles. The van der Waals surface area contributed by atoms with Gasteiger partial charge in [0.25, 0.3) is 5.69 Å². The van der Waals surface area contributed by atoms with E-state index in [9.17, 15) is 14.9 Å². The molecule has 1 aliphatic rings. The van der Waals surface area contributed by atoms with Crippen molar-refractivity contribution in [3.63, 3.8) is 0 Å². The average molecular weight is 380 g/mol. The van der Waals surface area contributed by atoms with Gasteiger partial charge in [0.05, 0.1) is 10.5 Å². The van der Waals surface area contributed by atoms with Crippen LogP contribution in [0.2, 0.25) is 19.1 Å². The highest BCUT2D eigenvalue weighted by atomic mass is 28.3. The number of carbonyl (C=O) groups is 1. The van der Waals surface area contributed by atoms with Gasteiger partial charge in [0.15, 0.2) is 0 Å². The lowest BCUT2D eigenvalue weighted by molar-refractivity contribution is -0.386. The molecule has 0 bridgehead atoms. The van der Waals surface area contributed by atoms with Gasteiger partial charge in [-0.05, 0) is 51.4 Å². The van der Waals surface area contributed by atoms with E-state index in [0.717, 1.165) is 12.5 Å². The second-order valence-corrected chi connectivity index (χ2v) is 12.2. The van der Waals surface area contributed by atoms with Crippen molar-refractivity contribution in [1.82, 2.24) is 9.88 Å². The van der Waals surface area contributed by atoms with Crippen LogP contribution < -0.4 is 5.32 Å². The van der Waals surface area contributed by atoms with Crippen molar-refractivity contribution in [3.8, 4) is 0 Å². The second-order valence-electron chi connectivity index (χ2n) is 7.40. The zero-order valence-electron chi connectivity index (χ0n) is 15.9. The Bertz CT molecular complexity index is 633. The summed E-state index contributed by atoms with van der Waals surface area (Å²) < 4.78 is 7.95. The zero-order chi connectivity index (χ0) is 19.2. The SMILES string of the molecule is CC(OC(=O)NCCC[Si](C)(C)N1CCCC1)c1ccccc1[N+](=O)[O-]. The van der Waals surface area contributed by atoms with Crippen molar-refractivity contribution in [2.24, 2.45) is 0 Å². The molecule has 0 aromatic heterocycles. The number of nitrogens with zero attached hydrogens (tertiary/aromatic N) is 2. The first-order chi connectivity index (χ1) is 12.3. The second kappa shape index (κ2) is 9.13. The van der Waals surface area contributed by atoms with E-state index in [0.29, 0.717) is 12.1 Å². The lowest BCUT2D eigenvalue weighted by Crippen LogP contribution is -2.47. The predicted molar refractivity (Wildman–Crippen MR) is 104 cm³/mol. The summed E-state index contributed by atoms with van der Waals surface area (Å²) in [5.74, 6) is 0. The zero-order valence-corrected chi connectivity index (χ0v) is 16.9. The van der Waals surface area contributed by atoms with E-state index in [4.69, 9.17) is 4.74 Å². The monoisotopic (exact) mass is 379 g/mol. The van der Waals surface area contributed by atoms with Crippen molar-refractivity contribution in [1.29, 1.82) is 0 Å². The van der Waals surface area contributed by atoms with Crippen molar-refractivity contribution in [2.45, 2.75) is 51.4 Å². The van der Waals surface area contributed by atoms with Crippen LogP contribution in [0.3, 0.4) is 0 Å². The molecule has 1 amide bonds. The molecule has 0 aliphatic carbocycles. The molecule has 8 heteroatoms. The van der Waals surface area contributed by atoms with Gasteiger partial charge in [-0.2, -0.15) is 0 Å². The van der Waals surface area contributed by atoms with Crippen LogP contribution in [0.25, 0.3) is 0 Å². The maximum atomic E-state index is 12.0. The first-order valence-electron chi connectivity index (χ1n) is 9.24. The fourth-order valence-corrected chi connectivity index (χ4v) is 6.34. The number of hydrogen-bond donors (Lipinski definition) is 1. The first-order valence-corrected chi connectivity index (χ1v) is 12.4. The maximum Gasteiger partial charge on any atom is 0.407 e. The summed E-state index contributed by atoms with van der Waals surface area (Å²) in [5, 5.41) is 13.8. The maximum absolute atomic E-state index is 12.0.